The van der Waals surface area contributed by atoms with Crippen molar-refractivity contribution in [1.29, 1.82) is 0 Å². The van der Waals surface area contributed by atoms with Gasteiger partial charge in [-0.15, -0.1) is 0 Å². The minimum atomic E-state index is 0.649. The second-order valence-corrected chi connectivity index (χ2v) is 17.5. The molecule has 4 aliphatic carbocycles. The van der Waals surface area contributed by atoms with Crippen molar-refractivity contribution in [1.82, 2.24) is 0 Å². The average Bonchev–Trinajstić information content (AvgIpc) is 3.63. The van der Waals surface area contributed by atoms with Gasteiger partial charge in [-0.3, -0.25) is 0 Å². The van der Waals surface area contributed by atoms with Crippen LogP contribution in [-0.2, 0) is 0 Å². The number of benzene rings is 9. The molecule has 0 N–H and O–H groups in total. The van der Waals surface area contributed by atoms with Gasteiger partial charge in [0.25, 0.3) is 0 Å². The third-order valence-corrected chi connectivity index (χ3v) is 14.6. The molecule has 1 nitrogen and oxygen atoms in total. The first-order valence-electron chi connectivity index (χ1n) is 21.1. The van der Waals surface area contributed by atoms with Crippen LogP contribution in [0.3, 0.4) is 0 Å². The average molecular weight is 731 g/mol. The molecule has 4 aliphatic rings. The van der Waals surface area contributed by atoms with Crippen LogP contribution in [-0.4, -0.2) is 0 Å². The first-order valence-corrected chi connectivity index (χ1v) is 21.1. The zero-order valence-corrected chi connectivity index (χ0v) is 31.9. The van der Waals surface area contributed by atoms with Crippen LogP contribution in [0.2, 0.25) is 0 Å². The molecule has 0 spiro atoms. The lowest BCUT2D eigenvalue weighted by Crippen LogP contribution is -2.43. The fraction of sp³-hybridized carbons (Fsp3) is 0.179. The molecule has 0 saturated heterocycles. The molecule has 1 aromatic heterocycles. The monoisotopic (exact) mass is 730 g/mol. The molecule has 0 unspecified atom stereocenters. The maximum atomic E-state index is 7.14. The van der Waals surface area contributed by atoms with E-state index in [9.17, 15) is 0 Å². The largest absolute Gasteiger partial charge is 0.455 e. The van der Waals surface area contributed by atoms with Gasteiger partial charge in [-0.05, 0) is 145 Å². The van der Waals surface area contributed by atoms with Crippen LogP contribution < -0.4 is 0 Å². The summed E-state index contributed by atoms with van der Waals surface area (Å²) in [6.45, 7) is 0. The zero-order chi connectivity index (χ0) is 37.2. The standard InChI is InChI=1S/C56H42O/c1-2-13-35(14-3-1)52-40-15-4-6-17-42(40)53(43-18-7-5-16-41(43)52)36-25-26-39-48-23-12-24-49(56(48)57-50(39)32-36)54-44-19-8-10-21-46(44)55(47-22-11-9-20-45(47)54)51-37-28-33-27-34(30-37)31-38(51)29-33/h1-26,32-34,37-38,51H,27-31H2. The Morgan fingerprint density at radius 2 is 0.825 bits per heavy atom. The highest BCUT2D eigenvalue weighted by Crippen LogP contribution is 2.62. The summed E-state index contributed by atoms with van der Waals surface area (Å²) in [4.78, 5) is 0. The smallest absolute Gasteiger partial charge is 0.143 e. The number of fused-ring (bicyclic) bond motifs is 7. The van der Waals surface area contributed by atoms with E-state index in [0.717, 1.165) is 40.2 Å². The van der Waals surface area contributed by atoms with E-state index in [2.05, 4.69) is 164 Å². The molecule has 57 heavy (non-hydrogen) atoms. The molecule has 1 heteroatoms. The van der Waals surface area contributed by atoms with E-state index in [4.69, 9.17) is 4.42 Å². The van der Waals surface area contributed by atoms with Crippen LogP contribution in [0.1, 0.15) is 43.6 Å². The summed E-state index contributed by atoms with van der Waals surface area (Å²) in [5.41, 5.74) is 10.9. The Morgan fingerprint density at radius 3 is 1.39 bits per heavy atom. The normalized spacial score (nSPS) is 21.5. The Hall–Kier alpha value is -6.18. The summed E-state index contributed by atoms with van der Waals surface area (Å²) in [7, 11) is 0. The molecule has 4 bridgehead atoms. The van der Waals surface area contributed by atoms with Gasteiger partial charge in [0.15, 0.2) is 0 Å². The summed E-state index contributed by atoms with van der Waals surface area (Å²) in [5, 5.41) is 12.9. The summed E-state index contributed by atoms with van der Waals surface area (Å²) >= 11 is 0. The maximum absolute atomic E-state index is 7.14. The Balaban J connectivity index is 1.03. The fourth-order valence-corrected chi connectivity index (χ4v) is 12.7. The van der Waals surface area contributed by atoms with Crippen molar-refractivity contribution in [3.63, 3.8) is 0 Å². The van der Waals surface area contributed by atoms with Crippen molar-refractivity contribution in [2.24, 2.45) is 23.7 Å². The van der Waals surface area contributed by atoms with E-state index >= 15 is 0 Å². The second kappa shape index (κ2) is 12.2. The molecular formula is C56H42O. The number of hydrogen-bond acceptors (Lipinski definition) is 1. The van der Waals surface area contributed by atoms with Crippen molar-refractivity contribution in [3.05, 3.63) is 169 Å². The number of para-hydroxylation sites is 1. The molecular weight excluding hydrogens is 689 g/mol. The van der Waals surface area contributed by atoms with E-state index in [1.807, 2.05) is 0 Å². The summed E-state index contributed by atoms with van der Waals surface area (Å²) in [6, 6.07) is 60.9. The summed E-state index contributed by atoms with van der Waals surface area (Å²) in [5.74, 6) is 4.19. The molecule has 0 radical (unpaired) electrons. The van der Waals surface area contributed by atoms with Crippen molar-refractivity contribution in [2.75, 3.05) is 0 Å². The van der Waals surface area contributed by atoms with Gasteiger partial charge in [0, 0.05) is 21.9 Å². The summed E-state index contributed by atoms with van der Waals surface area (Å²) in [6.07, 6.45) is 7.17. The van der Waals surface area contributed by atoms with Crippen LogP contribution in [0.15, 0.2) is 168 Å². The molecule has 0 aliphatic heterocycles. The highest BCUT2D eigenvalue weighted by Gasteiger charge is 2.49. The first kappa shape index (κ1) is 32.0. The van der Waals surface area contributed by atoms with Crippen molar-refractivity contribution in [2.45, 2.75) is 38.0 Å². The molecule has 1 heterocycles. The maximum Gasteiger partial charge on any atom is 0.143 e. The Morgan fingerprint density at radius 1 is 0.351 bits per heavy atom. The van der Waals surface area contributed by atoms with Crippen molar-refractivity contribution in [3.8, 4) is 33.4 Å². The van der Waals surface area contributed by atoms with E-state index in [0.29, 0.717) is 5.92 Å². The second-order valence-electron chi connectivity index (χ2n) is 17.5. The molecule has 272 valence electrons. The Kier molecular flexibility index (Phi) is 6.82. The summed E-state index contributed by atoms with van der Waals surface area (Å²) < 4.78 is 7.14. The van der Waals surface area contributed by atoms with E-state index < -0.39 is 0 Å². The predicted octanol–water partition coefficient (Wildman–Crippen LogP) is 15.7. The van der Waals surface area contributed by atoms with Crippen LogP contribution in [0.25, 0.3) is 98.4 Å². The first-order chi connectivity index (χ1) is 28.3. The predicted molar refractivity (Wildman–Crippen MR) is 240 cm³/mol. The lowest BCUT2D eigenvalue weighted by Gasteiger charge is -2.55. The third-order valence-electron chi connectivity index (χ3n) is 14.6. The number of furan rings is 1. The molecule has 0 amide bonds. The Bertz CT molecular complexity index is 3110. The zero-order valence-electron chi connectivity index (χ0n) is 31.9. The van der Waals surface area contributed by atoms with Gasteiger partial charge < -0.3 is 4.42 Å². The van der Waals surface area contributed by atoms with Gasteiger partial charge in [0.05, 0.1) is 0 Å². The van der Waals surface area contributed by atoms with Crippen LogP contribution >= 0.6 is 0 Å². The fourth-order valence-electron chi connectivity index (χ4n) is 12.7. The van der Waals surface area contributed by atoms with Gasteiger partial charge in [0.1, 0.15) is 11.2 Å². The van der Waals surface area contributed by atoms with Crippen LogP contribution in [0.4, 0.5) is 0 Å². The molecule has 4 fully saturated rings. The quantitative estimate of drug-likeness (QED) is 0.164. The van der Waals surface area contributed by atoms with Gasteiger partial charge in [-0.1, -0.05) is 152 Å². The van der Waals surface area contributed by atoms with Gasteiger partial charge in [0.2, 0.25) is 0 Å². The van der Waals surface area contributed by atoms with E-state index in [1.165, 1.54) is 114 Å². The van der Waals surface area contributed by atoms with Gasteiger partial charge in [-0.2, -0.15) is 0 Å². The minimum absolute atomic E-state index is 0.649. The molecule has 14 rings (SSSR count). The minimum Gasteiger partial charge on any atom is -0.455 e. The van der Waals surface area contributed by atoms with E-state index in [1.54, 1.807) is 5.56 Å². The SMILES string of the molecule is c1ccc(-c2c3ccccc3c(-c3ccc4c(c3)oc3c(-c5c6ccccc6c(C6C7CC8CC(C7)CC6C8)c6ccccc56)cccc34)c3ccccc23)cc1. The van der Waals surface area contributed by atoms with Crippen molar-refractivity contribution >= 4 is 65.0 Å². The van der Waals surface area contributed by atoms with Gasteiger partial charge in [-0.25, -0.2) is 0 Å². The van der Waals surface area contributed by atoms with Crippen molar-refractivity contribution < 1.29 is 4.42 Å². The molecule has 10 aromatic rings. The van der Waals surface area contributed by atoms with Gasteiger partial charge >= 0.3 is 0 Å². The molecule has 9 aromatic carbocycles. The van der Waals surface area contributed by atoms with Crippen LogP contribution in [0, 0.1) is 23.7 Å². The van der Waals surface area contributed by atoms with Crippen LogP contribution in [0.5, 0.6) is 0 Å². The number of rotatable bonds is 4. The topological polar surface area (TPSA) is 13.1 Å². The van der Waals surface area contributed by atoms with E-state index in [-0.39, 0.29) is 0 Å². The third kappa shape index (κ3) is 4.63. The highest BCUT2D eigenvalue weighted by molar-refractivity contribution is 6.23. The highest BCUT2D eigenvalue weighted by atomic mass is 16.3. The molecule has 0 atom stereocenters. The number of hydrogen-bond donors (Lipinski definition) is 0. The molecule has 4 saturated carbocycles. The lowest BCUT2D eigenvalue weighted by atomic mass is 9.50. The Labute approximate surface area is 332 Å². The lowest BCUT2D eigenvalue weighted by molar-refractivity contribution is -0.00185.